The minimum atomic E-state index is -1.31. The van der Waals surface area contributed by atoms with Crippen LogP contribution in [0.5, 0.6) is 0 Å². The van der Waals surface area contributed by atoms with E-state index in [1.807, 2.05) is 0 Å². The summed E-state index contributed by atoms with van der Waals surface area (Å²) in [4.78, 5) is 21.9. The van der Waals surface area contributed by atoms with E-state index < -0.39 is 24.1 Å². The molecule has 2 unspecified atom stereocenters. The molecule has 0 aliphatic heterocycles. The Morgan fingerprint density at radius 3 is 1.56 bits per heavy atom. The zero-order chi connectivity index (χ0) is 14.0. The molecule has 2 atom stereocenters. The first-order valence-electron chi connectivity index (χ1n) is 5.57. The van der Waals surface area contributed by atoms with Gasteiger partial charge in [-0.3, -0.25) is 0 Å². The van der Waals surface area contributed by atoms with Crippen LogP contribution in [0.1, 0.15) is 13.8 Å². The van der Waals surface area contributed by atoms with Gasteiger partial charge in [0.25, 0.3) is 0 Å². The van der Waals surface area contributed by atoms with Crippen LogP contribution in [0.2, 0.25) is 0 Å². The van der Waals surface area contributed by atoms with Crippen LogP contribution < -0.4 is 0 Å². The van der Waals surface area contributed by atoms with Gasteiger partial charge in [0.1, 0.15) is 12.2 Å². The van der Waals surface area contributed by atoms with Crippen LogP contribution in [0.3, 0.4) is 0 Å². The third-order valence-corrected chi connectivity index (χ3v) is 1.78. The molecule has 2 N–H and O–H groups in total. The summed E-state index contributed by atoms with van der Waals surface area (Å²) in [5.74, 6) is -1.23. The van der Waals surface area contributed by atoms with Gasteiger partial charge < -0.3 is 19.7 Å². The zero-order valence-corrected chi connectivity index (χ0v) is 10.4. The lowest BCUT2D eigenvalue weighted by molar-refractivity contribution is -0.138. The molecule has 0 amide bonds. The number of ether oxygens (including phenoxy) is 2. The van der Waals surface area contributed by atoms with E-state index in [1.165, 1.54) is 0 Å². The average molecular weight is 258 g/mol. The summed E-state index contributed by atoms with van der Waals surface area (Å²) < 4.78 is 9.18. The molecule has 0 saturated heterocycles. The molecule has 0 saturated carbocycles. The quantitative estimate of drug-likeness (QED) is 0.491. The standard InChI is InChI=1S/C12H18O6/c1-3-17-11(15)7-5-9(13)10(14)6-8-12(16)18-4-2/h5-10,13-14H,3-4H2,1-2H3. The molecule has 0 aromatic carbocycles. The van der Waals surface area contributed by atoms with Crippen molar-refractivity contribution in [1.82, 2.24) is 0 Å². The summed E-state index contributed by atoms with van der Waals surface area (Å²) in [6.07, 6.45) is 1.57. The Morgan fingerprint density at radius 2 is 1.28 bits per heavy atom. The van der Waals surface area contributed by atoms with Crippen molar-refractivity contribution in [2.24, 2.45) is 0 Å². The largest absolute Gasteiger partial charge is 0.463 e. The van der Waals surface area contributed by atoms with Crippen LogP contribution in [0.4, 0.5) is 0 Å². The summed E-state index contributed by atoms with van der Waals surface area (Å²) in [5, 5.41) is 18.9. The van der Waals surface area contributed by atoms with Gasteiger partial charge in [-0.25, -0.2) is 9.59 Å². The molecular formula is C12H18O6. The highest BCUT2D eigenvalue weighted by atomic mass is 16.5. The molecule has 0 aliphatic rings. The van der Waals surface area contributed by atoms with Gasteiger partial charge >= 0.3 is 11.9 Å². The predicted octanol–water partition coefficient (Wildman–Crippen LogP) is -0.0532. The van der Waals surface area contributed by atoms with E-state index in [-0.39, 0.29) is 13.2 Å². The van der Waals surface area contributed by atoms with E-state index in [4.69, 9.17) is 0 Å². The first-order chi connectivity index (χ1) is 8.51. The molecule has 0 aromatic heterocycles. The lowest BCUT2D eigenvalue weighted by Crippen LogP contribution is -2.22. The molecule has 6 heteroatoms. The van der Waals surface area contributed by atoms with E-state index in [9.17, 15) is 19.8 Å². The first kappa shape index (κ1) is 16.3. The molecule has 0 spiro atoms. The van der Waals surface area contributed by atoms with Crippen molar-refractivity contribution >= 4 is 11.9 Å². The smallest absolute Gasteiger partial charge is 0.330 e. The van der Waals surface area contributed by atoms with Crippen molar-refractivity contribution in [2.45, 2.75) is 26.1 Å². The van der Waals surface area contributed by atoms with Crippen LogP contribution in [0.15, 0.2) is 24.3 Å². The monoisotopic (exact) mass is 258 g/mol. The molecule has 18 heavy (non-hydrogen) atoms. The second kappa shape index (κ2) is 9.38. The number of hydrogen-bond acceptors (Lipinski definition) is 6. The Morgan fingerprint density at radius 1 is 0.944 bits per heavy atom. The van der Waals surface area contributed by atoms with Crippen molar-refractivity contribution in [2.75, 3.05) is 13.2 Å². The number of rotatable bonds is 7. The fourth-order valence-electron chi connectivity index (χ4n) is 0.963. The Balaban J connectivity index is 4.21. The van der Waals surface area contributed by atoms with E-state index in [0.29, 0.717) is 0 Å². The van der Waals surface area contributed by atoms with Gasteiger partial charge in [-0.1, -0.05) is 0 Å². The summed E-state index contributed by atoms with van der Waals surface area (Å²) in [6.45, 7) is 3.76. The van der Waals surface area contributed by atoms with E-state index in [1.54, 1.807) is 13.8 Å². The van der Waals surface area contributed by atoms with Crippen LogP contribution in [-0.4, -0.2) is 47.6 Å². The van der Waals surface area contributed by atoms with E-state index in [2.05, 4.69) is 9.47 Å². The van der Waals surface area contributed by atoms with Gasteiger partial charge in [0, 0.05) is 12.2 Å². The first-order valence-corrected chi connectivity index (χ1v) is 5.57. The maximum absolute atomic E-state index is 10.9. The van der Waals surface area contributed by atoms with Crippen molar-refractivity contribution in [3.63, 3.8) is 0 Å². The molecule has 0 aliphatic carbocycles. The molecule has 6 nitrogen and oxygen atoms in total. The van der Waals surface area contributed by atoms with Gasteiger partial charge in [0.2, 0.25) is 0 Å². The highest BCUT2D eigenvalue weighted by Crippen LogP contribution is 1.99. The maximum atomic E-state index is 10.9. The Bertz CT molecular complexity index is 289. The van der Waals surface area contributed by atoms with Crippen LogP contribution in [0.25, 0.3) is 0 Å². The van der Waals surface area contributed by atoms with Crippen LogP contribution >= 0.6 is 0 Å². The average Bonchev–Trinajstić information content (AvgIpc) is 2.33. The molecule has 0 heterocycles. The molecule has 0 aromatic rings. The lowest BCUT2D eigenvalue weighted by Gasteiger charge is -2.09. The summed E-state index contributed by atoms with van der Waals surface area (Å²) in [5.41, 5.74) is 0. The normalized spacial score (nSPS) is 14.7. The highest BCUT2D eigenvalue weighted by Gasteiger charge is 2.10. The fraction of sp³-hybridized carbons (Fsp3) is 0.500. The highest BCUT2D eigenvalue weighted by molar-refractivity contribution is 5.82. The SMILES string of the molecule is CCOC(=O)C=CC(O)C(O)C=CC(=O)OCC. The number of esters is 2. The van der Waals surface area contributed by atoms with Crippen molar-refractivity contribution in [3.05, 3.63) is 24.3 Å². The minimum absolute atomic E-state index is 0.227. The summed E-state index contributed by atoms with van der Waals surface area (Å²) >= 11 is 0. The predicted molar refractivity (Wildman–Crippen MR) is 63.6 cm³/mol. The third-order valence-electron chi connectivity index (χ3n) is 1.78. The molecule has 102 valence electrons. The maximum Gasteiger partial charge on any atom is 0.330 e. The molecular weight excluding hydrogens is 240 g/mol. The van der Waals surface area contributed by atoms with Gasteiger partial charge in [-0.05, 0) is 26.0 Å². The molecule has 0 fully saturated rings. The third kappa shape index (κ3) is 7.59. The summed E-state index contributed by atoms with van der Waals surface area (Å²) in [6, 6.07) is 0. The number of aliphatic hydroxyl groups excluding tert-OH is 2. The van der Waals surface area contributed by atoms with Crippen molar-refractivity contribution in [1.29, 1.82) is 0 Å². The number of carbonyl (C=O) groups excluding carboxylic acids is 2. The van der Waals surface area contributed by atoms with Gasteiger partial charge in [0.15, 0.2) is 0 Å². The second-order valence-electron chi connectivity index (χ2n) is 3.20. The van der Waals surface area contributed by atoms with Crippen LogP contribution in [0, 0.1) is 0 Å². The fourth-order valence-corrected chi connectivity index (χ4v) is 0.963. The van der Waals surface area contributed by atoms with Gasteiger partial charge in [-0.2, -0.15) is 0 Å². The molecule has 0 radical (unpaired) electrons. The molecule has 0 rings (SSSR count). The minimum Gasteiger partial charge on any atom is -0.463 e. The topological polar surface area (TPSA) is 93.1 Å². The zero-order valence-electron chi connectivity index (χ0n) is 10.4. The number of aliphatic hydroxyl groups is 2. The van der Waals surface area contributed by atoms with E-state index >= 15 is 0 Å². The van der Waals surface area contributed by atoms with Crippen LogP contribution in [-0.2, 0) is 19.1 Å². The van der Waals surface area contributed by atoms with Crippen molar-refractivity contribution in [3.8, 4) is 0 Å². The Hall–Kier alpha value is -1.66. The van der Waals surface area contributed by atoms with Crippen molar-refractivity contribution < 1.29 is 29.3 Å². The number of carbonyl (C=O) groups is 2. The van der Waals surface area contributed by atoms with Gasteiger partial charge in [-0.15, -0.1) is 0 Å². The molecule has 0 bridgehead atoms. The number of hydrogen-bond donors (Lipinski definition) is 2. The van der Waals surface area contributed by atoms with Gasteiger partial charge in [0.05, 0.1) is 13.2 Å². The second-order valence-corrected chi connectivity index (χ2v) is 3.20. The lowest BCUT2D eigenvalue weighted by atomic mass is 10.2. The Labute approximate surface area is 106 Å². The Kier molecular flexibility index (Phi) is 8.51. The summed E-state index contributed by atoms with van der Waals surface area (Å²) in [7, 11) is 0. The van der Waals surface area contributed by atoms with E-state index in [0.717, 1.165) is 24.3 Å².